The van der Waals surface area contributed by atoms with Crippen molar-refractivity contribution in [2.45, 2.75) is 18.7 Å². The molecule has 0 bridgehead atoms. The number of amides is 1. The largest absolute Gasteiger partial charge is 0.496 e. The molecule has 0 radical (unpaired) electrons. The molecule has 0 aromatic heterocycles. The number of nitrogens with zero attached hydrogens (tertiary/aromatic N) is 3. The molecular formula is C23H20BrN3O2S. The Morgan fingerprint density at radius 1 is 1.17 bits per heavy atom. The zero-order valence-corrected chi connectivity index (χ0v) is 19.0. The molecule has 152 valence electrons. The van der Waals surface area contributed by atoms with Gasteiger partial charge < -0.3 is 4.74 Å². The Hall–Kier alpha value is -2.64. The Labute approximate surface area is 188 Å². The van der Waals surface area contributed by atoms with Crippen molar-refractivity contribution in [1.29, 1.82) is 0 Å². The molecule has 1 aliphatic heterocycles. The second-order valence-electron chi connectivity index (χ2n) is 6.84. The first-order valence-electron chi connectivity index (χ1n) is 9.46. The van der Waals surface area contributed by atoms with Crippen molar-refractivity contribution >= 4 is 55.8 Å². The van der Waals surface area contributed by atoms with Gasteiger partial charge in [0.25, 0.3) is 0 Å². The quantitative estimate of drug-likeness (QED) is 0.358. The van der Waals surface area contributed by atoms with E-state index in [1.165, 1.54) is 11.8 Å². The summed E-state index contributed by atoms with van der Waals surface area (Å²) in [5.41, 5.74) is 1.89. The topological polar surface area (TPSA) is 54.3 Å². The van der Waals surface area contributed by atoms with Gasteiger partial charge in [0, 0.05) is 10.0 Å². The molecule has 1 heterocycles. The van der Waals surface area contributed by atoms with Crippen molar-refractivity contribution in [3.63, 3.8) is 0 Å². The molecule has 0 saturated carbocycles. The fraction of sp³-hybridized carbons (Fsp3) is 0.174. The van der Waals surface area contributed by atoms with Crippen molar-refractivity contribution < 1.29 is 9.53 Å². The molecule has 3 aromatic rings. The van der Waals surface area contributed by atoms with Crippen LogP contribution in [0.1, 0.15) is 18.1 Å². The number of rotatable bonds is 5. The molecule has 0 aliphatic carbocycles. The average Bonchev–Trinajstić information content (AvgIpc) is 3.02. The number of fused-ring (bicyclic) bond motifs is 1. The van der Waals surface area contributed by atoms with E-state index >= 15 is 0 Å². The number of benzene rings is 3. The molecule has 1 amide bonds. The molecule has 1 fully saturated rings. The maximum atomic E-state index is 12.8. The molecule has 0 spiro atoms. The van der Waals surface area contributed by atoms with E-state index < -0.39 is 0 Å². The first-order chi connectivity index (χ1) is 14.6. The third kappa shape index (κ3) is 4.27. The van der Waals surface area contributed by atoms with E-state index in [1.54, 1.807) is 18.2 Å². The summed E-state index contributed by atoms with van der Waals surface area (Å²) < 4.78 is 6.29. The van der Waals surface area contributed by atoms with Gasteiger partial charge in [0.2, 0.25) is 5.91 Å². The van der Waals surface area contributed by atoms with Crippen LogP contribution in [0.2, 0.25) is 0 Å². The summed E-state index contributed by atoms with van der Waals surface area (Å²) in [6.45, 7) is 2.36. The minimum absolute atomic E-state index is 0.0434. The maximum Gasteiger partial charge on any atom is 0.242 e. The highest BCUT2D eigenvalue weighted by molar-refractivity contribution is 9.10. The summed E-state index contributed by atoms with van der Waals surface area (Å²) >= 11 is 4.88. The highest BCUT2D eigenvalue weighted by atomic mass is 79.9. The number of hydrogen-bond acceptors (Lipinski definition) is 5. The van der Waals surface area contributed by atoms with Crippen molar-refractivity contribution in [3.05, 3.63) is 76.3 Å². The number of halogens is 1. The Morgan fingerprint density at radius 3 is 2.80 bits per heavy atom. The standard InChI is InChI=1S/C23H20BrN3O2S/c1-15-22(28)27(14-17-8-5-7-16-6-3-4-9-20(16)17)23(30-15)26-25-13-18-12-19(24)10-11-21(18)29-2/h3-13,15H,14H2,1-2H3/b25-13-,26-23-/t15-/m0/s1. The van der Waals surface area contributed by atoms with Crippen LogP contribution in [0.25, 0.3) is 10.8 Å². The van der Waals surface area contributed by atoms with E-state index in [1.807, 2.05) is 43.3 Å². The van der Waals surface area contributed by atoms with Crippen LogP contribution in [0.4, 0.5) is 0 Å². The number of ether oxygens (including phenoxy) is 1. The van der Waals surface area contributed by atoms with E-state index in [4.69, 9.17) is 4.74 Å². The summed E-state index contributed by atoms with van der Waals surface area (Å²) in [5, 5.41) is 11.3. The van der Waals surface area contributed by atoms with Crippen LogP contribution >= 0.6 is 27.7 Å². The summed E-state index contributed by atoms with van der Waals surface area (Å²) in [6, 6.07) is 20.0. The molecule has 1 aliphatic rings. The lowest BCUT2D eigenvalue weighted by Gasteiger charge is -2.17. The van der Waals surface area contributed by atoms with Gasteiger partial charge in [-0.25, -0.2) is 0 Å². The van der Waals surface area contributed by atoms with E-state index in [0.717, 1.165) is 26.4 Å². The summed E-state index contributed by atoms with van der Waals surface area (Å²) in [6.07, 6.45) is 1.64. The van der Waals surface area contributed by atoms with Gasteiger partial charge in [-0.15, -0.1) is 5.10 Å². The van der Waals surface area contributed by atoms with Gasteiger partial charge in [0.15, 0.2) is 5.17 Å². The van der Waals surface area contributed by atoms with Crippen LogP contribution < -0.4 is 4.74 Å². The Kier molecular flexibility index (Phi) is 6.20. The van der Waals surface area contributed by atoms with Gasteiger partial charge in [-0.3, -0.25) is 9.69 Å². The third-order valence-corrected chi connectivity index (χ3v) is 6.43. The van der Waals surface area contributed by atoms with Crippen molar-refractivity contribution in [3.8, 4) is 5.75 Å². The lowest BCUT2D eigenvalue weighted by molar-refractivity contribution is -0.126. The van der Waals surface area contributed by atoms with E-state index in [0.29, 0.717) is 17.5 Å². The first-order valence-corrected chi connectivity index (χ1v) is 11.1. The molecule has 4 rings (SSSR count). The van der Waals surface area contributed by atoms with Gasteiger partial charge in [-0.05, 0) is 41.5 Å². The monoisotopic (exact) mass is 481 g/mol. The predicted octanol–water partition coefficient (Wildman–Crippen LogP) is 5.46. The molecule has 0 N–H and O–H groups in total. The van der Waals surface area contributed by atoms with Gasteiger partial charge in [0.1, 0.15) is 5.75 Å². The van der Waals surface area contributed by atoms with E-state index in [2.05, 4.69) is 50.4 Å². The highest BCUT2D eigenvalue weighted by Crippen LogP contribution is 2.30. The third-order valence-electron chi connectivity index (χ3n) is 4.87. The molecule has 1 atom stereocenters. The number of carbonyl (C=O) groups excluding carboxylic acids is 1. The van der Waals surface area contributed by atoms with Crippen LogP contribution in [-0.4, -0.2) is 34.5 Å². The van der Waals surface area contributed by atoms with Gasteiger partial charge in [-0.2, -0.15) is 5.10 Å². The fourth-order valence-corrected chi connectivity index (χ4v) is 4.66. The molecule has 30 heavy (non-hydrogen) atoms. The zero-order valence-electron chi connectivity index (χ0n) is 16.6. The highest BCUT2D eigenvalue weighted by Gasteiger charge is 2.35. The van der Waals surface area contributed by atoms with Crippen LogP contribution in [0.15, 0.2) is 75.3 Å². The maximum absolute atomic E-state index is 12.8. The van der Waals surface area contributed by atoms with Crippen LogP contribution in [-0.2, 0) is 11.3 Å². The van der Waals surface area contributed by atoms with E-state index in [9.17, 15) is 4.79 Å². The van der Waals surface area contributed by atoms with Crippen LogP contribution in [0, 0.1) is 0 Å². The molecule has 5 nitrogen and oxygen atoms in total. The Bertz CT molecular complexity index is 1160. The molecular weight excluding hydrogens is 462 g/mol. The lowest BCUT2D eigenvalue weighted by Crippen LogP contribution is -2.30. The molecule has 7 heteroatoms. The Balaban J connectivity index is 1.62. The SMILES string of the molecule is COc1ccc(Br)cc1/C=N\N=C1/S[C@@H](C)C(=O)N1Cc1cccc2ccccc12. The molecule has 3 aromatic carbocycles. The second-order valence-corrected chi connectivity index (χ2v) is 9.06. The Morgan fingerprint density at radius 2 is 1.97 bits per heavy atom. The second kappa shape index (κ2) is 9.02. The lowest BCUT2D eigenvalue weighted by atomic mass is 10.0. The average molecular weight is 482 g/mol. The molecule has 1 saturated heterocycles. The van der Waals surface area contributed by atoms with Crippen molar-refractivity contribution in [1.82, 2.24) is 4.90 Å². The van der Waals surface area contributed by atoms with Crippen LogP contribution in [0.3, 0.4) is 0 Å². The predicted molar refractivity (Wildman–Crippen MR) is 127 cm³/mol. The van der Waals surface area contributed by atoms with Gasteiger partial charge in [-0.1, -0.05) is 70.2 Å². The summed E-state index contributed by atoms with van der Waals surface area (Å²) in [7, 11) is 1.62. The smallest absolute Gasteiger partial charge is 0.242 e. The van der Waals surface area contributed by atoms with Crippen molar-refractivity contribution in [2.75, 3.05) is 7.11 Å². The normalized spacial score (nSPS) is 18.1. The summed E-state index contributed by atoms with van der Waals surface area (Å²) in [4.78, 5) is 14.5. The minimum atomic E-state index is -0.186. The number of thioether (sulfide) groups is 1. The summed E-state index contributed by atoms with van der Waals surface area (Å²) in [5.74, 6) is 0.750. The van der Waals surface area contributed by atoms with Gasteiger partial charge >= 0.3 is 0 Å². The number of hydrogen-bond donors (Lipinski definition) is 0. The van der Waals surface area contributed by atoms with Crippen molar-refractivity contribution in [2.24, 2.45) is 10.2 Å². The molecule has 0 unspecified atom stereocenters. The minimum Gasteiger partial charge on any atom is -0.496 e. The number of carbonyl (C=O) groups is 1. The number of methoxy groups -OCH3 is 1. The van der Waals surface area contributed by atoms with Crippen LogP contribution in [0.5, 0.6) is 5.75 Å². The fourth-order valence-electron chi connectivity index (χ4n) is 3.36. The zero-order chi connectivity index (χ0) is 21.1. The van der Waals surface area contributed by atoms with Gasteiger partial charge in [0.05, 0.1) is 25.1 Å². The first kappa shape index (κ1) is 20.6. The van der Waals surface area contributed by atoms with E-state index in [-0.39, 0.29) is 11.2 Å². The number of amidine groups is 1.